The molecule has 1 N–H and O–H groups in total. The highest BCUT2D eigenvalue weighted by molar-refractivity contribution is 5.53. The van der Waals surface area contributed by atoms with Crippen LogP contribution in [0.1, 0.15) is 24.0 Å². The highest BCUT2D eigenvalue weighted by atomic mass is 16.5. The van der Waals surface area contributed by atoms with Crippen molar-refractivity contribution in [1.29, 1.82) is 0 Å². The van der Waals surface area contributed by atoms with Crippen molar-refractivity contribution in [2.45, 2.75) is 25.0 Å². The first-order valence-electron chi connectivity index (χ1n) is 10.7. The summed E-state index contributed by atoms with van der Waals surface area (Å²) in [6, 6.07) is 4.17. The van der Waals surface area contributed by atoms with Crippen molar-refractivity contribution in [1.82, 2.24) is 14.9 Å². The van der Waals surface area contributed by atoms with Gasteiger partial charge in [-0.25, -0.2) is 4.98 Å². The van der Waals surface area contributed by atoms with Gasteiger partial charge in [0.05, 0.1) is 41.1 Å². The van der Waals surface area contributed by atoms with Gasteiger partial charge < -0.3 is 28.8 Å². The molecular weight excluding hydrogens is 414 g/mol. The third-order valence-corrected chi connectivity index (χ3v) is 6.73. The van der Waals surface area contributed by atoms with Gasteiger partial charge >= 0.3 is 6.01 Å². The van der Waals surface area contributed by atoms with Crippen molar-refractivity contribution in [3.63, 3.8) is 0 Å². The first-order chi connectivity index (χ1) is 15.5. The number of hydrogen-bond acceptors (Lipinski definition) is 9. The van der Waals surface area contributed by atoms with E-state index in [-0.39, 0.29) is 11.9 Å². The highest BCUT2D eigenvalue weighted by Crippen LogP contribution is 2.52. The van der Waals surface area contributed by atoms with E-state index in [0.717, 1.165) is 31.6 Å². The molecule has 0 bridgehead atoms. The molecule has 0 amide bonds. The number of hydrogen-bond donors (Lipinski definition) is 1. The zero-order chi connectivity index (χ0) is 22.9. The van der Waals surface area contributed by atoms with Crippen LogP contribution in [0.5, 0.6) is 29.1 Å². The average Bonchev–Trinajstić information content (AvgIpc) is 3.37. The molecule has 1 aliphatic carbocycles. The zero-order valence-corrected chi connectivity index (χ0v) is 19.3. The Kier molecular flexibility index (Phi) is 6.30. The molecule has 0 unspecified atom stereocenters. The van der Waals surface area contributed by atoms with Crippen LogP contribution in [0, 0.1) is 11.8 Å². The Morgan fingerprint density at radius 2 is 1.72 bits per heavy atom. The lowest BCUT2D eigenvalue weighted by Gasteiger charge is -2.31. The van der Waals surface area contributed by atoms with E-state index in [1.165, 1.54) is 7.11 Å². The summed E-state index contributed by atoms with van der Waals surface area (Å²) < 4.78 is 27.0. The van der Waals surface area contributed by atoms with Crippen LogP contribution in [0.25, 0.3) is 0 Å². The molecule has 2 aromatic rings. The van der Waals surface area contributed by atoms with Gasteiger partial charge in [0.2, 0.25) is 11.6 Å². The topological polar surface area (TPSA) is 95.4 Å². The molecule has 174 valence electrons. The van der Waals surface area contributed by atoms with Crippen LogP contribution >= 0.6 is 0 Å². The van der Waals surface area contributed by atoms with Gasteiger partial charge in [-0.15, -0.1) is 0 Å². The van der Waals surface area contributed by atoms with Gasteiger partial charge in [0.15, 0.2) is 11.5 Å². The summed E-state index contributed by atoms with van der Waals surface area (Å²) in [5, 5.41) is 11.7. The molecular formula is C23H31N3O6. The molecule has 32 heavy (non-hydrogen) atoms. The molecule has 1 aliphatic heterocycles. The average molecular weight is 446 g/mol. The fraction of sp³-hybridized carbons (Fsp3) is 0.565. The maximum atomic E-state index is 11.7. The van der Waals surface area contributed by atoms with E-state index in [4.69, 9.17) is 23.7 Å². The lowest BCUT2D eigenvalue weighted by atomic mass is 9.83. The van der Waals surface area contributed by atoms with Crippen LogP contribution in [-0.2, 0) is 12.1 Å². The van der Waals surface area contributed by atoms with Crippen LogP contribution in [-0.4, -0.2) is 68.6 Å². The number of benzene rings is 1. The van der Waals surface area contributed by atoms with Gasteiger partial charge in [0.1, 0.15) is 5.60 Å². The molecule has 2 aliphatic rings. The summed E-state index contributed by atoms with van der Waals surface area (Å²) in [7, 11) is 7.89. The second-order valence-electron chi connectivity index (χ2n) is 8.34. The smallest absolute Gasteiger partial charge is 0.319 e. The Morgan fingerprint density at radius 1 is 1.00 bits per heavy atom. The molecule has 3 atom stereocenters. The molecule has 0 radical (unpaired) electrons. The zero-order valence-electron chi connectivity index (χ0n) is 19.3. The fourth-order valence-corrected chi connectivity index (χ4v) is 5.24. The molecule has 9 heteroatoms. The summed E-state index contributed by atoms with van der Waals surface area (Å²) >= 11 is 0. The van der Waals surface area contributed by atoms with Gasteiger partial charge in [-0.3, -0.25) is 4.90 Å². The molecule has 1 saturated heterocycles. The first kappa shape index (κ1) is 22.4. The number of methoxy groups -OCH3 is 5. The van der Waals surface area contributed by atoms with Crippen molar-refractivity contribution in [2.75, 3.05) is 48.6 Å². The van der Waals surface area contributed by atoms with Gasteiger partial charge in [-0.1, -0.05) is 0 Å². The third kappa shape index (κ3) is 3.80. The van der Waals surface area contributed by atoms with Crippen LogP contribution in [0.4, 0.5) is 0 Å². The van der Waals surface area contributed by atoms with E-state index in [9.17, 15) is 5.11 Å². The molecule has 1 saturated carbocycles. The van der Waals surface area contributed by atoms with Gasteiger partial charge in [0, 0.05) is 31.7 Å². The molecule has 9 nitrogen and oxygen atoms in total. The van der Waals surface area contributed by atoms with Crippen LogP contribution < -0.4 is 23.7 Å². The largest absolute Gasteiger partial charge is 0.493 e. The Bertz CT molecular complexity index is 946. The van der Waals surface area contributed by atoms with Gasteiger partial charge in [-0.05, 0) is 36.5 Å². The number of aliphatic hydroxyl groups is 1. The summed E-state index contributed by atoms with van der Waals surface area (Å²) in [6.07, 6.45) is 3.23. The van der Waals surface area contributed by atoms with E-state index < -0.39 is 5.60 Å². The predicted octanol–water partition coefficient (Wildman–Crippen LogP) is 2.25. The van der Waals surface area contributed by atoms with Crippen molar-refractivity contribution in [2.24, 2.45) is 11.8 Å². The Labute approximate surface area is 188 Å². The molecule has 0 spiro atoms. The van der Waals surface area contributed by atoms with Crippen LogP contribution in [0.15, 0.2) is 18.3 Å². The summed E-state index contributed by atoms with van der Waals surface area (Å²) in [5.74, 6) is 2.67. The predicted molar refractivity (Wildman–Crippen MR) is 117 cm³/mol. The minimum Gasteiger partial charge on any atom is -0.493 e. The quantitative estimate of drug-likeness (QED) is 0.656. The van der Waals surface area contributed by atoms with Crippen molar-refractivity contribution in [3.8, 4) is 29.1 Å². The maximum absolute atomic E-state index is 11.7. The fourth-order valence-electron chi connectivity index (χ4n) is 5.24. The second kappa shape index (κ2) is 8.99. The van der Waals surface area contributed by atoms with E-state index in [0.29, 0.717) is 41.0 Å². The van der Waals surface area contributed by atoms with E-state index >= 15 is 0 Å². The summed E-state index contributed by atoms with van der Waals surface area (Å²) in [6.45, 7) is 2.38. The standard InChI is InChI=1S/C23H31N3O6/c1-28-18-8-14(9-19(29-2)20(18)30-3)11-26-12-15-6-7-23(27,17(15)13-26)16-10-24-22(32-5)25-21(16)31-4/h8-10,15,17,27H,6-7,11-13H2,1-5H3/t15-,17+,23+/m0/s1. The van der Waals surface area contributed by atoms with E-state index in [2.05, 4.69) is 14.9 Å². The SMILES string of the molecule is COc1ncc([C@]2(O)CC[C@H]3CN(Cc4cc(OC)c(OC)c(OC)c4)C[C@H]32)c(OC)n1. The number of aromatic nitrogens is 2. The number of rotatable bonds is 8. The lowest BCUT2D eigenvalue weighted by molar-refractivity contribution is -0.00972. The highest BCUT2D eigenvalue weighted by Gasteiger charge is 2.53. The minimum atomic E-state index is -1.04. The minimum absolute atomic E-state index is 0.0652. The number of likely N-dealkylation sites (tertiary alicyclic amines) is 1. The van der Waals surface area contributed by atoms with Gasteiger partial charge in [0.25, 0.3) is 0 Å². The molecule has 4 rings (SSSR count). The Balaban J connectivity index is 1.56. The monoisotopic (exact) mass is 445 g/mol. The van der Waals surface area contributed by atoms with E-state index in [1.54, 1.807) is 34.6 Å². The molecule has 1 aromatic heterocycles. The van der Waals surface area contributed by atoms with Gasteiger partial charge in [-0.2, -0.15) is 4.98 Å². The maximum Gasteiger partial charge on any atom is 0.319 e. The molecule has 2 fully saturated rings. The van der Waals surface area contributed by atoms with Crippen molar-refractivity contribution < 1.29 is 28.8 Å². The number of fused-ring (bicyclic) bond motifs is 1. The third-order valence-electron chi connectivity index (χ3n) is 6.73. The van der Waals surface area contributed by atoms with Crippen molar-refractivity contribution in [3.05, 3.63) is 29.5 Å². The Hall–Kier alpha value is -2.78. The normalized spacial score (nSPS) is 24.8. The first-order valence-corrected chi connectivity index (χ1v) is 10.7. The van der Waals surface area contributed by atoms with Crippen LogP contribution in [0.2, 0.25) is 0 Å². The Morgan fingerprint density at radius 3 is 2.31 bits per heavy atom. The second-order valence-corrected chi connectivity index (χ2v) is 8.34. The lowest BCUT2D eigenvalue weighted by Crippen LogP contribution is -2.35. The van der Waals surface area contributed by atoms with E-state index in [1.807, 2.05) is 12.1 Å². The number of ether oxygens (including phenoxy) is 5. The number of nitrogens with zero attached hydrogens (tertiary/aromatic N) is 3. The van der Waals surface area contributed by atoms with Crippen LogP contribution in [0.3, 0.4) is 0 Å². The summed E-state index contributed by atoms with van der Waals surface area (Å²) in [4.78, 5) is 10.9. The molecule has 1 aromatic carbocycles. The van der Waals surface area contributed by atoms with Crippen molar-refractivity contribution >= 4 is 0 Å². The molecule has 2 heterocycles. The summed E-state index contributed by atoms with van der Waals surface area (Å²) in [5.41, 5.74) is 0.656.